The number of nitrogens with two attached hydrogens (primary N) is 1. The third-order valence-corrected chi connectivity index (χ3v) is 4.88. The quantitative estimate of drug-likeness (QED) is 0.827. The second-order valence-corrected chi connectivity index (χ2v) is 6.33. The van der Waals surface area contributed by atoms with Crippen LogP contribution >= 0.6 is 11.8 Å². The van der Waals surface area contributed by atoms with Gasteiger partial charge in [0.1, 0.15) is 0 Å². The maximum absolute atomic E-state index is 11.8. The van der Waals surface area contributed by atoms with Crippen LogP contribution in [0.5, 0.6) is 0 Å². The number of aromatic amines is 1. The van der Waals surface area contributed by atoms with Crippen molar-refractivity contribution in [1.82, 2.24) is 14.8 Å². The van der Waals surface area contributed by atoms with Gasteiger partial charge in [-0.1, -0.05) is 42.1 Å². The summed E-state index contributed by atoms with van der Waals surface area (Å²) in [5.74, 6) is 0. The molecule has 0 radical (unpaired) electrons. The SMILES string of the molecule is CC(N)C(Sc1n[nH]c(=O)n1C1CC1)c1ccccc1. The van der Waals surface area contributed by atoms with Crippen LogP contribution in [0.4, 0.5) is 0 Å². The standard InChI is InChI=1S/C14H18N4OS/c1-9(15)12(10-5-3-2-4-6-10)20-14-17-16-13(19)18(14)11-7-8-11/h2-6,9,11-12H,7-8,15H2,1H3,(H,16,19). The predicted octanol–water partition coefficient (Wildman–Crippen LogP) is 2.09. The van der Waals surface area contributed by atoms with E-state index in [4.69, 9.17) is 5.73 Å². The van der Waals surface area contributed by atoms with Gasteiger partial charge in [0.05, 0.1) is 5.25 Å². The molecule has 1 saturated carbocycles. The fraction of sp³-hybridized carbons (Fsp3) is 0.429. The molecule has 3 rings (SSSR count). The number of hydrogen-bond acceptors (Lipinski definition) is 4. The van der Waals surface area contributed by atoms with Crippen LogP contribution < -0.4 is 11.4 Å². The summed E-state index contributed by atoms with van der Waals surface area (Å²) in [6.07, 6.45) is 2.11. The summed E-state index contributed by atoms with van der Waals surface area (Å²) in [4.78, 5) is 11.8. The van der Waals surface area contributed by atoms with E-state index >= 15 is 0 Å². The molecule has 20 heavy (non-hydrogen) atoms. The summed E-state index contributed by atoms with van der Waals surface area (Å²) in [5.41, 5.74) is 7.16. The molecule has 3 N–H and O–H groups in total. The van der Waals surface area contributed by atoms with Crippen molar-refractivity contribution in [2.24, 2.45) is 5.73 Å². The van der Waals surface area contributed by atoms with Crippen molar-refractivity contribution >= 4 is 11.8 Å². The first-order chi connectivity index (χ1) is 9.66. The molecule has 1 aliphatic rings. The maximum atomic E-state index is 11.8. The van der Waals surface area contributed by atoms with Crippen molar-refractivity contribution in [2.75, 3.05) is 0 Å². The number of rotatable bonds is 5. The van der Waals surface area contributed by atoms with Gasteiger partial charge in [-0.3, -0.25) is 4.57 Å². The van der Waals surface area contributed by atoms with Crippen molar-refractivity contribution < 1.29 is 0 Å². The van der Waals surface area contributed by atoms with Gasteiger partial charge in [0, 0.05) is 12.1 Å². The van der Waals surface area contributed by atoms with Gasteiger partial charge in [-0.15, -0.1) is 5.10 Å². The lowest BCUT2D eigenvalue weighted by Gasteiger charge is -2.20. The minimum atomic E-state index is -0.119. The molecule has 2 atom stereocenters. The van der Waals surface area contributed by atoms with Crippen molar-refractivity contribution in [3.05, 3.63) is 46.4 Å². The zero-order valence-electron chi connectivity index (χ0n) is 11.3. The average Bonchev–Trinajstić information content (AvgIpc) is 3.21. The van der Waals surface area contributed by atoms with Gasteiger partial charge in [-0.05, 0) is 25.3 Å². The van der Waals surface area contributed by atoms with E-state index in [0.717, 1.165) is 23.6 Å². The van der Waals surface area contributed by atoms with E-state index in [1.54, 1.807) is 16.3 Å². The molecule has 6 heteroatoms. The average molecular weight is 290 g/mol. The molecule has 2 aromatic rings. The molecule has 0 bridgehead atoms. The highest BCUT2D eigenvalue weighted by molar-refractivity contribution is 7.99. The highest BCUT2D eigenvalue weighted by Crippen LogP contribution is 2.40. The number of aromatic nitrogens is 3. The number of H-pyrrole nitrogens is 1. The smallest absolute Gasteiger partial charge is 0.327 e. The van der Waals surface area contributed by atoms with E-state index < -0.39 is 0 Å². The Balaban J connectivity index is 1.89. The van der Waals surface area contributed by atoms with Gasteiger partial charge >= 0.3 is 5.69 Å². The zero-order chi connectivity index (χ0) is 14.1. The fourth-order valence-corrected chi connectivity index (χ4v) is 3.44. The second-order valence-electron chi connectivity index (χ2n) is 5.22. The minimum Gasteiger partial charge on any atom is -0.327 e. The topological polar surface area (TPSA) is 76.7 Å². The molecule has 1 aliphatic carbocycles. The molecular formula is C14H18N4OS. The summed E-state index contributed by atoms with van der Waals surface area (Å²) in [5, 5.41) is 7.53. The second kappa shape index (κ2) is 5.46. The van der Waals surface area contributed by atoms with E-state index in [2.05, 4.69) is 22.3 Å². The molecule has 106 valence electrons. The third-order valence-electron chi connectivity index (χ3n) is 3.42. The first-order valence-corrected chi connectivity index (χ1v) is 7.69. The highest BCUT2D eigenvalue weighted by Gasteiger charge is 2.30. The highest BCUT2D eigenvalue weighted by atomic mass is 32.2. The summed E-state index contributed by atoms with van der Waals surface area (Å²) in [6.45, 7) is 1.98. The molecular weight excluding hydrogens is 272 g/mol. The predicted molar refractivity (Wildman–Crippen MR) is 79.8 cm³/mol. The molecule has 0 amide bonds. The number of thioether (sulfide) groups is 1. The normalized spacial score (nSPS) is 17.9. The third kappa shape index (κ3) is 2.66. The van der Waals surface area contributed by atoms with Crippen molar-refractivity contribution in [3.63, 3.8) is 0 Å². The molecule has 5 nitrogen and oxygen atoms in total. The molecule has 1 aromatic carbocycles. The van der Waals surface area contributed by atoms with Crippen LogP contribution in [-0.2, 0) is 0 Å². The largest absolute Gasteiger partial charge is 0.344 e. The molecule has 0 spiro atoms. The lowest BCUT2D eigenvalue weighted by Crippen LogP contribution is -2.23. The van der Waals surface area contributed by atoms with Gasteiger partial charge in [-0.2, -0.15) is 0 Å². The number of hydrogen-bond donors (Lipinski definition) is 2. The Morgan fingerprint density at radius 3 is 2.70 bits per heavy atom. The Bertz CT molecular complexity index is 630. The molecule has 2 unspecified atom stereocenters. The molecule has 0 saturated heterocycles. The summed E-state index contributed by atoms with van der Waals surface area (Å²) >= 11 is 1.56. The summed E-state index contributed by atoms with van der Waals surface area (Å²) in [6, 6.07) is 10.4. The molecule has 0 aliphatic heterocycles. The lowest BCUT2D eigenvalue weighted by molar-refractivity contribution is 0.636. The Labute approximate surface area is 121 Å². The molecule has 1 aromatic heterocycles. The van der Waals surface area contributed by atoms with E-state index in [-0.39, 0.29) is 17.0 Å². The number of nitrogens with one attached hydrogen (secondary N) is 1. The van der Waals surface area contributed by atoms with Gasteiger partial charge in [0.2, 0.25) is 0 Å². The van der Waals surface area contributed by atoms with Crippen LogP contribution in [-0.4, -0.2) is 20.8 Å². The van der Waals surface area contributed by atoms with E-state index in [1.807, 2.05) is 25.1 Å². The van der Waals surface area contributed by atoms with Crippen molar-refractivity contribution in [3.8, 4) is 0 Å². The Morgan fingerprint density at radius 1 is 1.40 bits per heavy atom. The van der Waals surface area contributed by atoms with Gasteiger partial charge < -0.3 is 5.73 Å². The molecule has 1 fully saturated rings. The van der Waals surface area contributed by atoms with Crippen LogP contribution in [0.3, 0.4) is 0 Å². The number of nitrogens with zero attached hydrogens (tertiary/aromatic N) is 2. The van der Waals surface area contributed by atoms with Crippen molar-refractivity contribution in [2.45, 2.75) is 42.3 Å². The zero-order valence-corrected chi connectivity index (χ0v) is 12.1. The monoisotopic (exact) mass is 290 g/mol. The van der Waals surface area contributed by atoms with E-state index in [9.17, 15) is 4.79 Å². The lowest BCUT2D eigenvalue weighted by atomic mass is 10.1. The Hall–Kier alpha value is -1.53. The van der Waals surface area contributed by atoms with E-state index in [1.165, 1.54) is 0 Å². The van der Waals surface area contributed by atoms with Crippen molar-refractivity contribution in [1.29, 1.82) is 0 Å². The first kappa shape index (κ1) is 13.5. The summed E-state index contributed by atoms with van der Waals surface area (Å²) in [7, 11) is 0. The Kier molecular flexibility index (Phi) is 3.67. The first-order valence-electron chi connectivity index (χ1n) is 6.81. The summed E-state index contributed by atoms with van der Waals surface area (Å²) < 4.78 is 1.77. The van der Waals surface area contributed by atoms with Crippen LogP contribution in [0.25, 0.3) is 0 Å². The Morgan fingerprint density at radius 2 is 2.10 bits per heavy atom. The van der Waals surface area contributed by atoms with Crippen LogP contribution in [0.2, 0.25) is 0 Å². The van der Waals surface area contributed by atoms with Crippen LogP contribution in [0, 0.1) is 0 Å². The minimum absolute atomic E-state index is 0.0261. The van der Waals surface area contributed by atoms with Gasteiger partial charge in [0.15, 0.2) is 5.16 Å². The van der Waals surface area contributed by atoms with E-state index in [0.29, 0.717) is 6.04 Å². The number of benzene rings is 1. The van der Waals surface area contributed by atoms with Crippen LogP contribution in [0.1, 0.15) is 36.6 Å². The van der Waals surface area contributed by atoms with Crippen LogP contribution in [0.15, 0.2) is 40.3 Å². The molecule has 1 heterocycles. The maximum Gasteiger partial charge on any atom is 0.344 e. The fourth-order valence-electron chi connectivity index (χ4n) is 2.26. The van der Waals surface area contributed by atoms with Gasteiger partial charge in [0.25, 0.3) is 0 Å². The van der Waals surface area contributed by atoms with Gasteiger partial charge in [-0.25, -0.2) is 9.89 Å².